The molecule has 6 heteroatoms. The minimum atomic E-state index is -0.00640. The lowest BCUT2D eigenvalue weighted by Gasteiger charge is -2.19. The maximum absolute atomic E-state index is 8.65. The Balaban J connectivity index is 2.17. The Kier molecular flexibility index (Phi) is 3.92. The lowest BCUT2D eigenvalue weighted by Crippen LogP contribution is -2.19. The number of anilines is 1. The van der Waals surface area contributed by atoms with E-state index < -0.39 is 0 Å². The Labute approximate surface area is 111 Å². The Morgan fingerprint density at radius 3 is 2.84 bits per heavy atom. The van der Waals surface area contributed by atoms with Crippen molar-refractivity contribution < 1.29 is 5.21 Å². The van der Waals surface area contributed by atoms with Gasteiger partial charge in [0.25, 0.3) is 0 Å². The number of hydrogen-bond acceptors (Lipinski definition) is 5. The Bertz CT molecular complexity index is 570. The van der Waals surface area contributed by atoms with Crippen LogP contribution in [0.5, 0.6) is 0 Å². The number of rotatable bonds is 4. The molecule has 0 aromatic carbocycles. The van der Waals surface area contributed by atoms with Gasteiger partial charge in [-0.05, 0) is 24.3 Å². The van der Waals surface area contributed by atoms with Gasteiger partial charge in [0.15, 0.2) is 5.84 Å². The van der Waals surface area contributed by atoms with Crippen LogP contribution in [0.4, 0.5) is 5.69 Å². The summed E-state index contributed by atoms with van der Waals surface area (Å²) in [5, 5.41) is 11.6. The highest BCUT2D eigenvalue weighted by Gasteiger charge is 2.06. The third kappa shape index (κ3) is 3.19. The fourth-order valence-corrected chi connectivity index (χ4v) is 1.67. The minimum Gasteiger partial charge on any atom is -0.409 e. The van der Waals surface area contributed by atoms with Crippen molar-refractivity contribution in [3.63, 3.8) is 0 Å². The molecule has 0 spiro atoms. The van der Waals surface area contributed by atoms with Crippen LogP contribution in [0, 0.1) is 0 Å². The third-order valence-electron chi connectivity index (χ3n) is 2.68. The number of nitrogens with zero attached hydrogens (tertiary/aromatic N) is 4. The molecule has 0 aliphatic rings. The van der Waals surface area contributed by atoms with E-state index in [4.69, 9.17) is 10.9 Å². The van der Waals surface area contributed by atoms with Gasteiger partial charge in [0, 0.05) is 25.1 Å². The van der Waals surface area contributed by atoms with Crippen LogP contribution in [-0.4, -0.2) is 28.1 Å². The molecule has 19 heavy (non-hydrogen) atoms. The second-order valence-corrected chi connectivity index (χ2v) is 4.06. The molecular formula is C13H15N5O. The SMILES string of the molecule is CN(Cc1ccccn1)c1ccnc(C(N)=NO)c1. The van der Waals surface area contributed by atoms with Gasteiger partial charge in [0.2, 0.25) is 0 Å². The van der Waals surface area contributed by atoms with Crippen molar-refractivity contribution in [2.24, 2.45) is 10.9 Å². The van der Waals surface area contributed by atoms with Crippen LogP contribution in [0.25, 0.3) is 0 Å². The van der Waals surface area contributed by atoms with Crippen molar-refractivity contribution in [1.29, 1.82) is 0 Å². The van der Waals surface area contributed by atoms with Crippen LogP contribution in [0.15, 0.2) is 47.9 Å². The van der Waals surface area contributed by atoms with E-state index in [0.29, 0.717) is 12.2 Å². The summed E-state index contributed by atoms with van der Waals surface area (Å²) in [6.45, 7) is 0.667. The second kappa shape index (κ2) is 5.81. The van der Waals surface area contributed by atoms with Crippen molar-refractivity contribution in [2.45, 2.75) is 6.54 Å². The predicted octanol–water partition coefficient (Wildman–Crippen LogP) is 1.21. The van der Waals surface area contributed by atoms with Gasteiger partial charge in [0.05, 0.1) is 12.2 Å². The number of amidine groups is 1. The molecule has 0 aliphatic carbocycles. The van der Waals surface area contributed by atoms with Crippen LogP contribution in [0.1, 0.15) is 11.4 Å². The van der Waals surface area contributed by atoms with Gasteiger partial charge in [-0.3, -0.25) is 9.97 Å². The summed E-state index contributed by atoms with van der Waals surface area (Å²) in [6, 6.07) is 9.41. The largest absolute Gasteiger partial charge is 0.409 e. The summed E-state index contributed by atoms with van der Waals surface area (Å²) in [5.74, 6) is -0.00640. The first-order valence-corrected chi connectivity index (χ1v) is 5.75. The van der Waals surface area contributed by atoms with E-state index in [1.165, 1.54) is 0 Å². The van der Waals surface area contributed by atoms with E-state index in [9.17, 15) is 0 Å². The summed E-state index contributed by atoms with van der Waals surface area (Å²) in [6.07, 6.45) is 3.38. The smallest absolute Gasteiger partial charge is 0.188 e. The van der Waals surface area contributed by atoms with Crippen molar-refractivity contribution in [1.82, 2.24) is 9.97 Å². The first kappa shape index (κ1) is 12.8. The summed E-state index contributed by atoms with van der Waals surface area (Å²) in [5.41, 5.74) is 7.84. The van der Waals surface area contributed by atoms with E-state index in [2.05, 4.69) is 15.1 Å². The zero-order valence-electron chi connectivity index (χ0n) is 10.6. The summed E-state index contributed by atoms with van der Waals surface area (Å²) in [4.78, 5) is 10.3. The van der Waals surface area contributed by atoms with Crippen LogP contribution >= 0.6 is 0 Å². The van der Waals surface area contributed by atoms with Crippen molar-refractivity contribution in [2.75, 3.05) is 11.9 Å². The van der Waals surface area contributed by atoms with E-state index in [-0.39, 0.29) is 5.84 Å². The number of nitrogens with two attached hydrogens (primary N) is 1. The van der Waals surface area contributed by atoms with Crippen molar-refractivity contribution >= 4 is 11.5 Å². The molecule has 0 unspecified atom stereocenters. The highest BCUT2D eigenvalue weighted by molar-refractivity contribution is 5.95. The van der Waals surface area contributed by atoms with E-state index in [1.807, 2.05) is 36.2 Å². The van der Waals surface area contributed by atoms with Crippen molar-refractivity contribution in [3.05, 3.63) is 54.1 Å². The molecule has 2 aromatic heterocycles. The monoisotopic (exact) mass is 257 g/mol. The normalized spacial score (nSPS) is 11.3. The molecule has 2 aromatic rings. The fraction of sp³-hybridized carbons (Fsp3) is 0.154. The van der Waals surface area contributed by atoms with Gasteiger partial charge in [-0.25, -0.2) is 0 Å². The maximum Gasteiger partial charge on any atom is 0.188 e. The average Bonchev–Trinajstić information content (AvgIpc) is 2.47. The van der Waals surface area contributed by atoms with E-state index in [1.54, 1.807) is 18.5 Å². The molecule has 98 valence electrons. The van der Waals surface area contributed by atoms with Gasteiger partial charge in [-0.1, -0.05) is 11.2 Å². The highest BCUT2D eigenvalue weighted by Crippen LogP contribution is 2.15. The van der Waals surface area contributed by atoms with E-state index >= 15 is 0 Å². The van der Waals surface area contributed by atoms with Crippen molar-refractivity contribution in [3.8, 4) is 0 Å². The number of oxime groups is 1. The molecule has 3 N–H and O–H groups in total. The van der Waals surface area contributed by atoms with Crippen LogP contribution in [0.2, 0.25) is 0 Å². The summed E-state index contributed by atoms with van der Waals surface area (Å²) < 4.78 is 0. The van der Waals surface area contributed by atoms with Crippen LogP contribution in [-0.2, 0) is 6.54 Å². The maximum atomic E-state index is 8.65. The third-order valence-corrected chi connectivity index (χ3v) is 2.68. The number of aromatic nitrogens is 2. The molecule has 0 saturated heterocycles. The Morgan fingerprint density at radius 1 is 1.32 bits per heavy atom. The van der Waals surface area contributed by atoms with Crippen LogP contribution < -0.4 is 10.6 Å². The quantitative estimate of drug-likeness (QED) is 0.372. The van der Waals surface area contributed by atoms with Gasteiger partial charge in [-0.2, -0.15) is 0 Å². The zero-order chi connectivity index (χ0) is 13.7. The molecular weight excluding hydrogens is 242 g/mol. The predicted molar refractivity (Wildman–Crippen MR) is 73.1 cm³/mol. The van der Waals surface area contributed by atoms with E-state index in [0.717, 1.165) is 11.4 Å². The van der Waals surface area contributed by atoms with Gasteiger partial charge < -0.3 is 15.8 Å². The first-order chi connectivity index (χ1) is 9.20. The first-order valence-electron chi connectivity index (χ1n) is 5.75. The molecule has 0 atom stereocenters. The van der Waals surface area contributed by atoms with Gasteiger partial charge >= 0.3 is 0 Å². The summed E-state index contributed by atoms with van der Waals surface area (Å²) >= 11 is 0. The van der Waals surface area contributed by atoms with Gasteiger partial charge in [-0.15, -0.1) is 0 Å². The molecule has 2 heterocycles. The highest BCUT2D eigenvalue weighted by atomic mass is 16.4. The topological polar surface area (TPSA) is 87.6 Å². The van der Waals surface area contributed by atoms with Gasteiger partial charge in [0.1, 0.15) is 5.69 Å². The summed E-state index contributed by atoms with van der Waals surface area (Å²) in [7, 11) is 1.94. The van der Waals surface area contributed by atoms with Crippen LogP contribution in [0.3, 0.4) is 0 Å². The minimum absolute atomic E-state index is 0.00640. The molecule has 2 rings (SSSR count). The second-order valence-electron chi connectivity index (χ2n) is 4.06. The number of pyridine rings is 2. The molecule has 6 nitrogen and oxygen atoms in total. The molecule has 0 aliphatic heterocycles. The number of hydrogen-bond donors (Lipinski definition) is 2. The Hall–Kier alpha value is -2.63. The molecule has 0 fully saturated rings. The molecule has 0 amide bonds. The zero-order valence-corrected chi connectivity index (χ0v) is 10.6. The lowest BCUT2D eigenvalue weighted by molar-refractivity contribution is 0.318. The molecule has 0 bridgehead atoms. The molecule has 0 saturated carbocycles. The standard InChI is InChI=1S/C13H15N5O/c1-18(9-10-4-2-3-6-15-10)11-5-7-16-12(8-11)13(14)17-19/h2-8,19H,9H2,1H3,(H2,14,17). The lowest BCUT2D eigenvalue weighted by atomic mass is 10.2. The Morgan fingerprint density at radius 2 is 2.16 bits per heavy atom. The molecule has 0 radical (unpaired) electrons. The fourth-order valence-electron chi connectivity index (χ4n) is 1.67. The average molecular weight is 257 g/mol.